The van der Waals surface area contributed by atoms with Crippen LogP contribution in [-0.2, 0) is 51.0 Å². The molecule has 0 aliphatic carbocycles. The lowest BCUT2D eigenvalue weighted by molar-refractivity contribution is -0.149. The van der Waals surface area contributed by atoms with Crippen LogP contribution in [0.5, 0.6) is 0 Å². The maximum Gasteiger partial charge on any atom is 0.328 e. The number of likely N-dealkylation sites (N-methyl/N-ethyl adjacent to an activating group) is 2. The third-order valence-corrected chi connectivity index (χ3v) is 12.9. The number of nitrogens with zero attached hydrogens (tertiary/aromatic N) is 3. The van der Waals surface area contributed by atoms with E-state index in [0.717, 1.165) is 24.1 Å². The summed E-state index contributed by atoms with van der Waals surface area (Å²) in [5, 5.41) is 9.15. The van der Waals surface area contributed by atoms with Gasteiger partial charge in [-0.25, -0.2) is 4.79 Å². The largest absolute Gasteiger partial charge is 0.467 e. The Bertz CT molecular complexity index is 1740. The molecule has 1 saturated heterocycles. The van der Waals surface area contributed by atoms with Gasteiger partial charge < -0.3 is 40.0 Å². The van der Waals surface area contributed by atoms with E-state index in [4.69, 9.17) is 14.2 Å². The molecule has 4 amide bonds. The van der Waals surface area contributed by atoms with Crippen molar-refractivity contribution < 1.29 is 38.2 Å². The smallest absolute Gasteiger partial charge is 0.328 e. The highest BCUT2D eigenvalue weighted by molar-refractivity contribution is 5.90. The highest BCUT2D eigenvalue weighted by Crippen LogP contribution is 2.30. The zero-order valence-electron chi connectivity index (χ0n) is 40.3. The van der Waals surface area contributed by atoms with Gasteiger partial charge in [0.1, 0.15) is 12.1 Å². The number of esters is 1. The van der Waals surface area contributed by atoms with E-state index in [1.54, 1.807) is 30.9 Å². The molecule has 2 aromatic rings. The summed E-state index contributed by atoms with van der Waals surface area (Å²) in [4.78, 5) is 75.1. The third kappa shape index (κ3) is 14.5. The van der Waals surface area contributed by atoms with E-state index in [9.17, 15) is 24.0 Å². The fourth-order valence-electron chi connectivity index (χ4n) is 9.06. The van der Waals surface area contributed by atoms with E-state index in [1.165, 1.54) is 19.8 Å². The number of methoxy groups -OCH3 is 3. The van der Waals surface area contributed by atoms with Crippen LogP contribution < -0.4 is 16.0 Å². The van der Waals surface area contributed by atoms with E-state index in [2.05, 4.69) is 33.0 Å². The molecular weight excluding hydrogens is 801 g/mol. The predicted octanol–water partition coefficient (Wildman–Crippen LogP) is 5.19. The molecule has 3 rings (SSSR count). The zero-order valence-corrected chi connectivity index (χ0v) is 40.3. The average Bonchev–Trinajstić information content (AvgIpc) is 3.76. The van der Waals surface area contributed by atoms with Crippen molar-refractivity contribution >= 4 is 35.3 Å². The number of hydrogen-bond acceptors (Lipinski definition) is 10. The fourth-order valence-corrected chi connectivity index (χ4v) is 9.06. The van der Waals surface area contributed by atoms with E-state index in [0.29, 0.717) is 25.9 Å². The Morgan fingerprint density at radius 3 is 2.02 bits per heavy atom. The van der Waals surface area contributed by atoms with Crippen LogP contribution in [-0.4, -0.2) is 142 Å². The fraction of sp³-hybridized carbons (Fsp3) is 0.653. The molecule has 14 heteroatoms. The Morgan fingerprint density at radius 1 is 0.825 bits per heavy atom. The molecule has 352 valence electrons. The number of benzene rings is 2. The van der Waals surface area contributed by atoms with Crippen LogP contribution in [0.4, 0.5) is 5.69 Å². The topological polar surface area (TPSA) is 159 Å². The van der Waals surface area contributed by atoms with Crippen LogP contribution in [0.1, 0.15) is 85.3 Å². The van der Waals surface area contributed by atoms with Crippen LogP contribution >= 0.6 is 0 Å². The summed E-state index contributed by atoms with van der Waals surface area (Å²) in [7, 11) is 9.96. The molecular formula is C49H78N6O8. The second-order valence-corrected chi connectivity index (χ2v) is 18.0. The van der Waals surface area contributed by atoms with Gasteiger partial charge in [-0.05, 0) is 67.3 Å². The number of nitrogens with one attached hydrogen (secondary N) is 3. The molecule has 9 atom stereocenters. The summed E-state index contributed by atoms with van der Waals surface area (Å²) in [6, 6.07) is 14.6. The molecule has 1 heterocycles. The molecule has 1 aliphatic rings. The minimum atomic E-state index is -0.898. The second kappa shape index (κ2) is 25.7. The molecule has 0 radical (unpaired) electrons. The van der Waals surface area contributed by atoms with Crippen molar-refractivity contribution in [2.75, 3.05) is 60.9 Å². The first kappa shape index (κ1) is 52.8. The standard InChI is InChI=1S/C49H78N6O8/c1-14-33(6)44(54(10)48(59)42(31(2)3)52-47(58)43(32(4)5)53(9)28-26-35-22-24-37(50-8)25-23-35)40(61-11)30-41(56)55-27-18-21-39(55)45(62-12)34(7)46(57)51-38(49(60)63-13)29-36-19-16-15-17-20-36/h15-17,19-20,22-25,31-34,38-40,42-45,50H,14,18,21,26-30H2,1-13H3,(H,51,57)(H,52,58)/t33-,34+,38-,39-,40+,42?,43-,44-,45+/m0/s1. The maximum atomic E-state index is 14.6. The Morgan fingerprint density at radius 2 is 1.48 bits per heavy atom. The number of carbonyl (C=O) groups excluding carboxylic acids is 5. The van der Waals surface area contributed by atoms with E-state index in [1.807, 2.05) is 98.1 Å². The number of likely N-dealkylation sites (tertiary alicyclic amines) is 1. The molecule has 1 aliphatic heterocycles. The Hall–Kier alpha value is -4.53. The Labute approximate surface area is 377 Å². The number of anilines is 1. The maximum absolute atomic E-state index is 14.6. The van der Waals surface area contributed by atoms with Crippen LogP contribution in [0.15, 0.2) is 54.6 Å². The van der Waals surface area contributed by atoms with Crippen LogP contribution in [0.2, 0.25) is 0 Å². The molecule has 1 unspecified atom stereocenters. The number of rotatable bonds is 25. The lowest BCUT2D eigenvalue weighted by Gasteiger charge is -2.41. The first-order valence-corrected chi connectivity index (χ1v) is 22.7. The van der Waals surface area contributed by atoms with Crippen molar-refractivity contribution in [1.29, 1.82) is 0 Å². The van der Waals surface area contributed by atoms with Gasteiger partial charge in [0.15, 0.2) is 0 Å². The summed E-state index contributed by atoms with van der Waals surface area (Å²) in [5.74, 6) is -2.55. The lowest BCUT2D eigenvalue weighted by Crippen LogP contribution is -2.60. The minimum Gasteiger partial charge on any atom is -0.467 e. The van der Waals surface area contributed by atoms with Gasteiger partial charge in [-0.2, -0.15) is 0 Å². The normalized spacial score (nSPS) is 17.9. The number of carbonyl (C=O) groups is 5. The van der Waals surface area contributed by atoms with Gasteiger partial charge in [0.25, 0.3) is 0 Å². The van der Waals surface area contributed by atoms with Gasteiger partial charge in [0.2, 0.25) is 23.6 Å². The van der Waals surface area contributed by atoms with Gasteiger partial charge in [0.05, 0.1) is 49.8 Å². The molecule has 63 heavy (non-hydrogen) atoms. The highest BCUT2D eigenvalue weighted by Gasteiger charge is 2.43. The van der Waals surface area contributed by atoms with Gasteiger partial charge >= 0.3 is 5.97 Å². The summed E-state index contributed by atoms with van der Waals surface area (Å²) >= 11 is 0. The highest BCUT2D eigenvalue weighted by atomic mass is 16.5. The van der Waals surface area contributed by atoms with Crippen LogP contribution in [0.3, 0.4) is 0 Å². The number of ether oxygens (including phenoxy) is 3. The van der Waals surface area contributed by atoms with E-state index in [-0.39, 0.29) is 54.2 Å². The molecule has 3 N–H and O–H groups in total. The number of amides is 4. The first-order valence-electron chi connectivity index (χ1n) is 22.7. The molecule has 0 aromatic heterocycles. The lowest BCUT2D eigenvalue weighted by atomic mass is 9.89. The van der Waals surface area contributed by atoms with Crippen molar-refractivity contribution in [3.8, 4) is 0 Å². The second-order valence-electron chi connectivity index (χ2n) is 18.0. The molecule has 0 bridgehead atoms. The predicted molar refractivity (Wildman–Crippen MR) is 248 cm³/mol. The molecule has 0 saturated carbocycles. The van der Waals surface area contributed by atoms with Crippen LogP contribution in [0.25, 0.3) is 0 Å². The third-order valence-electron chi connectivity index (χ3n) is 12.9. The number of hydrogen-bond donors (Lipinski definition) is 3. The van der Waals surface area contributed by atoms with Crippen molar-refractivity contribution in [3.05, 3.63) is 65.7 Å². The molecule has 2 aromatic carbocycles. The van der Waals surface area contributed by atoms with Crippen molar-refractivity contribution in [1.82, 2.24) is 25.3 Å². The van der Waals surface area contributed by atoms with Crippen molar-refractivity contribution in [3.63, 3.8) is 0 Å². The van der Waals surface area contributed by atoms with Gasteiger partial charge in [0, 0.05) is 53.5 Å². The van der Waals surface area contributed by atoms with Crippen LogP contribution in [0, 0.1) is 23.7 Å². The summed E-state index contributed by atoms with van der Waals surface area (Å²) in [6.07, 6.45) is 1.77. The summed E-state index contributed by atoms with van der Waals surface area (Å²) in [6.45, 7) is 14.9. The van der Waals surface area contributed by atoms with Crippen molar-refractivity contribution in [2.24, 2.45) is 23.7 Å². The van der Waals surface area contributed by atoms with E-state index < -0.39 is 54.3 Å². The SMILES string of the molecule is CC[C@H](C)[C@@H]([C@@H](CC(=O)N1CCC[C@H]1[C@H](OC)[C@@H](C)C(=O)N[C@@H](Cc1ccccc1)C(=O)OC)OC)N(C)C(=O)C(NC(=O)[C@H](C(C)C)N(C)CCc1ccc(NC)cc1)C(C)C. The molecule has 1 fully saturated rings. The summed E-state index contributed by atoms with van der Waals surface area (Å²) < 4.78 is 17.1. The van der Waals surface area contributed by atoms with Gasteiger partial charge in [-0.1, -0.05) is 97.4 Å². The Balaban J connectivity index is 1.77. The molecule has 0 spiro atoms. The quantitative estimate of drug-likeness (QED) is 0.114. The monoisotopic (exact) mass is 879 g/mol. The zero-order chi connectivity index (χ0) is 47.0. The van der Waals surface area contributed by atoms with Gasteiger partial charge in [-0.15, -0.1) is 0 Å². The Kier molecular flexibility index (Phi) is 21.5. The van der Waals surface area contributed by atoms with E-state index >= 15 is 0 Å². The van der Waals surface area contributed by atoms with Gasteiger partial charge in [-0.3, -0.25) is 24.1 Å². The summed E-state index contributed by atoms with van der Waals surface area (Å²) in [5.41, 5.74) is 3.08. The average molecular weight is 879 g/mol. The molecule has 14 nitrogen and oxygen atoms in total. The minimum absolute atomic E-state index is 0.00522. The van der Waals surface area contributed by atoms with Crippen molar-refractivity contribution in [2.45, 2.75) is 129 Å². The first-order chi connectivity index (χ1) is 29.9.